The number of ether oxygens (including phenoxy) is 1. The van der Waals surface area contributed by atoms with Gasteiger partial charge in [-0.05, 0) is 19.9 Å². The van der Waals surface area contributed by atoms with Gasteiger partial charge in [0.1, 0.15) is 5.69 Å². The van der Waals surface area contributed by atoms with Crippen LogP contribution in [-0.4, -0.2) is 30.2 Å². The van der Waals surface area contributed by atoms with Gasteiger partial charge in [-0.25, -0.2) is 0 Å². The second-order valence-electron chi connectivity index (χ2n) is 5.24. The highest BCUT2D eigenvalue weighted by Gasteiger charge is 2.37. The number of halogens is 4. The second-order valence-corrected chi connectivity index (χ2v) is 5.65. The highest BCUT2D eigenvalue weighted by Crippen LogP contribution is 2.42. The molecule has 1 aliphatic rings. The van der Waals surface area contributed by atoms with Crippen LogP contribution in [0.4, 0.5) is 24.5 Å². The highest BCUT2D eigenvalue weighted by atomic mass is 35.5. The number of morpholine rings is 1. The van der Waals surface area contributed by atoms with Crippen LogP contribution < -0.4 is 4.90 Å². The summed E-state index contributed by atoms with van der Waals surface area (Å²) in [5.41, 5.74) is -1.75. The van der Waals surface area contributed by atoms with Crippen LogP contribution in [0.3, 0.4) is 0 Å². The van der Waals surface area contributed by atoms with Crippen molar-refractivity contribution in [3.05, 3.63) is 32.8 Å². The van der Waals surface area contributed by atoms with Crippen LogP contribution in [0.25, 0.3) is 0 Å². The molecule has 1 aromatic carbocycles. The number of anilines is 1. The Labute approximate surface area is 129 Å². The molecule has 0 aromatic heterocycles. The van der Waals surface area contributed by atoms with E-state index < -0.39 is 27.4 Å². The van der Waals surface area contributed by atoms with E-state index in [0.717, 1.165) is 6.07 Å². The predicted octanol–water partition coefficient (Wildman–Crippen LogP) is 3.88. The normalized spacial score (nSPS) is 22.7. The standard InChI is InChI=1S/C13H14ClF3N2O3/c1-7-5-18(6-8(2)22-7)11-4-10(14)9(13(15,16)17)3-12(11)19(20)21/h3-4,7-8H,5-6H2,1-2H3/t7-,8-/m0/s1. The van der Waals surface area contributed by atoms with Gasteiger partial charge in [0.2, 0.25) is 0 Å². The van der Waals surface area contributed by atoms with Gasteiger partial charge in [0.25, 0.3) is 5.69 Å². The fourth-order valence-electron chi connectivity index (χ4n) is 2.54. The van der Waals surface area contributed by atoms with E-state index in [4.69, 9.17) is 16.3 Å². The summed E-state index contributed by atoms with van der Waals surface area (Å²) in [6.45, 7) is 4.26. The summed E-state index contributed by atoms with van der Waals surface area (Å²) in [4.78, 5) is 12.0. The van der Waals surface area contributed by atoms with E-state index in [9.17, 15) is 23.3 Å². The van der Waals surface area contributed by atoms with Crippen LogP contribution in [0.2, 0.25) is 5.02 Å². The lowest BCUT2D eigenvalue weighted by Gasteiger charge is -2.36. The zero-order valence-corrected chi connectivity index (χ0v) is 12.6. The summed E-state index contributed by atoms with van der Waals surface area (Å²) in [7, 11) is 0. The van der Waals surface area contributed by atoms with Crippen molar-refractivity contribution < 1.29 is 22.8 Å². The first-order valence-corrected chi connectivity index (χ1v) is 6.93. The van der Waals surface area contributed by atoms with Gasteiger partial charge in [-0.3, -0.25) is 10.1 Å². The van der Waals surface area contributed by atoms with E-state index in [2.05, 4.69) is 0 Å². The van der Waals surface area contributed by atoms with Crippen molar-refractivity contribution in [1.29, 1.82) is 0 Å². The summed E-state index contributed by atoms with van der Waals surface area (Å²) >= 11 is 5.68. The average molecular weight is 339 g/mol. The number of rotatable bonds is 2. The Morgan fingerprint density at radius 1 is 1.32 bits per heavy atom. The predicted molar refractivity (Wildman–Crippen MR) is 75.3 cm³/mol. The maximum atomic E-state index is 12.8. The van der Waals surface area contributed by atoms with E-state index in [-0.39, 0.29) is 17.9 Å². The van der Waals surface area contributed by atoms with Gasteiger partial charge in [-0.1, -0.05) is 11.6 Å². The van der Waals surface area contributed by atoms with E-state index in [1.807, 2.05) is 0 Å². The Morgan fingerprint density at radius 3 is 2.32 bits per heavy atom. The molecule has 9 heteroatoms. The van der Waals surface area contributed by atoms with E-state index in [1.54, 1.807) is 18.7 Å². The molecule has 122 valence electrons. The first-order chi connectivity index (χ1) is 10.1. The van der Waals surface area contributed by atoms with Crippen molar-refractivity contribution in [2.45, 2.75) is 32.2 Å². The molecule has 2 atom stereocenters. The maximum Gasteiger partial charge on any atom is 0.418 e. The Bertz CT molecular complexity index is 585. The van der Waals surface area contributed by atoms with Crippen molar-refractivity contribution in [3.63, 3.8) is 0 Å². The monoisotopic (exact) mass is 338 g/mol. The average Bonchev–Trinajstić information content (AvgIpc) is 2.35. The molecule has 1 aromatic rings. The lowest BCUT2D eigenvalue weighted by molar-refractivity contribution is -0.384. The van der Waals surface area contributed by atoms with Crippen molar-refractivity contribution in [3.8, 4) is 0 Å². The molecule has 0 bridgehead atoms. The second kappa shape index (κ2) is 5.92. The van der Waals surface area contributed by atoms with Gasteiger partial charge < -0.3 is 9.64 Å². The molecule has 1 aliphatic heterocycles. The minimum Gasteiger partial charge on any atom is -0.372 e. The van der Waals surface area contributed by atoms with Crippen molar-refractivity contribution >= 4 is 23.0 Å². The maximum absolute atomic E-state index is 12.8. The lowest BCUT2D eigenvalue weighted by atomic mass is 10.1. The lowest BCUT2D eigenvalue weighted by Crippen LogP contribution is -2.45. The van der Waals surface area contributed by atoms with Crippen LogP contribution in [-0.2, 0) is 10.9 Å². The zero-order valence-electron chi connectivity index (χ0n) is 11.9. The van der Waals surface area contributed by atoms with Gasteiger partial charge in [-0.2, -0.15) is 13.2 Å². The summed E-state index contributed by atoms with van der Waals surface area (Å²) in [6.07, 6.45) is -5.12. The number of hydrogen-bond donors (Lipinski definition) is 0. The molecule has 1 heterocycles. The molecule has 0 radical (unpaired) electrons. The molecule has 5 nitrogen and oxygen atoms in total. The van der Waals surface area contributed by atoms with Crippen molar-refractivity contribution in [1.82, 2.24) is 0 Å². The van der Waals surface area contributed by atoms with Crippen LogP contribution >= 0.6 is 11.6 Å². The van der Waals surface area contributed by atoms with Crippen LogP contribution in [0.15, 0.2) is 12.1 Å². The number of nitro benzene ring substituents is 1. The Balaban J connectivity index is 2.51. The zero-order chi connectivity index (χ0) is 16.7. The third-order valence-electron chi connectivity index (χ3n) is 3.33. The van der Waals surface area contributed by atoms with Gasteiger partial charge in [0.05, 0.1) is 27.7 Å². The number of hydrogen-bond acceptors (Lipinski definition) is 4. The number of benzene rings is 1. The van der Waals surface area contributed by atoms with Gasteiger partial charge >= 0.3 is 6.18 Å². The van der Waals surface area contributed by atoms with Crippen molar-refractivity contribution in [2.75, 3.05) is 18.0 Å². The minimum atomic E-state index is -4.74. The minimum absolute atomic E-state index is 0.0741. The first-order valence-electron chi connectivity index (χ1n) is 6.55. The van der Waals surface area contributed by atoms with E-state index in [1.165, 1.54) is 0 Å². The van der Waals surface area contributed by atoms with Crippen LogP contribution in [0, 0.1) is 10.1 Å². The van der Waals surface area contributed by atoms with Crippen LogP contribution in [0.5, 0.6) is 0 Å². The molecule has 2 rings (SSSR count). The van der Waals surface area contributed by atoms with E-state index in [0.29, 0.717) is 19.2 Å². The van der Waals surface area contributed by atoms with Gasteiger partial charge in [0, 0.05) is 19.2 Å². The summed E-state index contributed by atoms with van der Waals surface area (Å²) in [5.74, 6) is 0. The Hall–Kier alpha value is -1.54. The summed E-state index contributed by atoms with van der Waals surface area (Å²) < 4.78 is 44.1. The molecule has 0 N–H and O–H groups in total. The van der Waals surface area contributed by atoms with Crippen molar-refractivity contribution in [2.24, 2.45) is 0 Å². The molecule has 0 spiro atoms. The highest BCUT2D eigenvalue weighted by molar-refractivity contribution is 6.31. The van der Waals surface area contributed by atoms with Crippen LogP contribution in [0.1, 0.15) is 19.4 Å². The molecule has 0 saturated carbocycles. The molecule has 0 amide bonds. The summed E-state index contributed by atoms with van der Waals surface area (Å²) in [6, 6.07) is 1.50. The topological polar surface area (TPSA) is 55.6 Å². The fraction of sp³-hybridized carbons (Fsp3) is 0.538. The number of nitro groups is 1. The number of alkyl halides is 3. The third kappa shape index (κ3) is 3.44. The fourth-order valence-corrected chi connectivity index (χ4v) is 2.81. The SMILES string of the molecule is C[C@H]1CN(c2cc(Cl)c(C(F)(F)F)cc2[N+](=O)[O-])C[C@H](C)O1. The molecule has 1 saturated heterocycles. The molecule has 1 fully saturated rings. The number of nitrogens with zero attached hydrogens (tertiary/aromatic N) is 2. The molecule has 22 heavy (non-hydrogen) atoms. The van der Waals surface area contributed by atoms with Gasteiger partial charge in [0.15, 0.2) is 0 Å². The third-order valence-corrected chi connectivity index (χ3v) is 3.64. The Kier molecular flexibility index (Phi) is 4.53. The first kappa shape index (κ1) is 16.8. The Morgan fingerprint density at radius 2 is 1.86 bits per heavy atom. The largest absolute Gasteiger partial charge is 0.418 e. The molecule has 0 aliphatic carbocycles. The summed E-state index contributed by atoms with van der Waals surface area (Å²) in [5, 5.41) is 10.6. The molecule has 0 unspecified atom stereocenters. The van der Waals surface area contributed by atoms with Gasteiger partial charge in [-0.15, -0.1) is 0 Å². The quantitative estimate of drug-likeness (QED) is 0.606. The smallest absolute Gasteiger partial charge is 0.372 e. The molecular weight excluding hydrogens is 325 g/mol. The van der Waals surface area contributed by atoms with E-state index >= 15 is 0 Å². The molecular formula is C13H14ClF3N2O3.